The summed E-state index contributed by atoms with van der Waals surface area (Å²) in [5.74, 6) is -0.0158. The van der Waals surface area contributed by atoms with E-state index in [9.17, 15) is 4.79 Å². The maximum absolute atomic E-state index is 12.2. The van der Waals surface area contributed by atoms with Gasteiger partial charge in [0.15, 0.2) is 4.34 Å². The van der Waals surface area contributed by atoms with Gasteiger partial charge in [0, 0.05) is 15.6 Å². The van der Waals surface area contributed by atoms with Gasteiger partial charge in [-0.05, 0) is 36.6 Å². The largest absolute Gasteiger partial charge is 0.350 e. The maximum Gasteiger partial charge on any atom is 0.233 e. The molecule has 130 valence electrons. The van der Waals surface area contributed by atoms with E-state index in [-0.39, 0.29) is 11.2 Å². The van der Waals surface area contributed by atoms with Crippen LogP contribution in [0.15, 0.2) is 46.1 Å². The van der Waals surface area contributed by atoms with Crippen molar-refractivity contribution < 1.29 is 4.79 Å². The molecule has 2 aromatic heterocycles. The highest BCUT2D eigenvalue weighted by atomic mass is 35.5. The van der Waals surface area contributed by atoms with Gasteiger partial charge < -0.3 is 10.6 Å². The summed E-state index contributed by atoms with van der Waals surface area (Å²) in [6.45, 7) is 2.42. The third-order valence-corrected chi connectivity index (χ3v) is 6.28. The number of amides is 1. The van der Waals surface area contributed by atoms with E-state index in [0.717, 1.165) is 14.9 Å². The second-order valence-corrected chi connectivity index (χ2v) is 9.10. The van der Waals surface area contributed by atoms with Gasteiger partial charge >= 0.3 is 0 Å². The van der Waals surface area contributed by atoms with Crippen LogP contribution in [0.25, 0.3) is 0 Å². The van der Waals surface area contributed by atoms with Crippen LogP contribution in [0.3, 0.4) is 0 Å². The van der Waals surface area contributed by atoms with E-state index in [1.54, 1.807) is 11.3 Å². The Hall–Kier alpha value is -1.61. The van der Waals surface area contributed by atoms with Gasteiger partial charge in [-0.1, -0.05) is 46.8 Å². The van der Waals surface area contributed by atoms with Crippen LogP contribution in [0.1, 0.15) is 11.8 Å². The van der Waals surface area contributed by atoms with Gasteiger partial charge in [-0.3, -0.25) is 4.79 Å². The molecule has 0 saturated heterocycles. The SMILES string of the molecule is C[C@H](Sc1nnc(Nc2cccc(Cl)c2)s1)C(=O)NCc1cccs1. The Balaban J connectivity index is 1.52. The number of nitrogens with zero attached hydrogens (tertiary/aromatic N) is 2. The fourth-order valence-corrected chi connectivity index (χ4v) is 4.71. The monoisotopic (exact) mass is 410 g/mol. The number of thiophene rings is 1. The Labute approximate surface area is 162 Å². The van der Waals surface area contributed by atoms with Gasteiger partial charge in [0.2, 0.25) is 11.0 Å². The molecule has 3 rings (SSSR count). The van der Waals surface area contributed by atoms with Gasteiger partial charge in [0.25, 0.3) is 0 Å². The van der Waals surface area contributed by atoms with Gasteiger partial charge in [0.05, 0.1) is 11.8 Å². The fourth-order valence-electron chi connectivity index (χ4n) is 1.93. The van der Waals surface area contributed by atoms with Crippen LogP contribution in [-0.2, 0) is 11.3 Å². The van der Waals surface area contributed by atoms with E-state index in [0.29, 0.717) is 16.7 Å². The first-order valence-electron chi connectivity index (χ1n) is 7.43. The fraction of sp³-hybridized carbons (Fsp3) is 0.188. The van der Waals surface area contributed by atoms with Crippen molar-refractivity contribution in [1.29, 1.82) is 0 Å². The van der Waals surface area contributed by atoms with Gasteiger partial charge in [-0.15, -0.1) is 21.5 Å². The summed E-state index contributed by atoms with van der Waals surface area (Å²) in [7, 11) is 0. The molecule has 1 amide bonds. The third-order valence-electron chi connectivity index (χ3n) is 3.15. The minimum absolute atomic E-state index is 0.0158. The number of hydrogen-bond donors (Lipinski definition) is 2. The van der Waals surface area contributed by atoms with E-state index in [1.807, 2.05) is 48.7 Å². The second-order valence-electron chi connectivity index (χ2n) is 5.07. The summed E-state index contributed by atoms with van der Waals surface area (Å²) >= 11 is 10.4. The molecule has 1 aromatic carbocycles. The first-order chi connectivity index (χ1) is 12.1. The molecule has 1 atom stereocenters. The zero-order valence-corrected chi connectivity index (χ0v) is 16.4. The Morgan fingerprint density at radius 2 is 2.20 bits per heavy atom. The lowest BCUT2D eigenvalue weighted by atomic mass is 10.3. The number of aromatic nitrogens is 2. The normalized spacial score (nSPS) is 11.9. The molecule has 0 radical (unpaired) electrons. The minimum atomic E-state index is -0.244. The van der Waals surface area contributed by atoms with Crippen molar-refractivity contribution in [2.24, 2.45) is 0 Å². The van der Waals surface area contributed by atoms with Gasteiger partial charge in [0.1, 0.15) is 0 Å². The number of halogens is 1. The molecule has 0 aliphatic heterocycles. The molecular weight excluding hydrogens is 396 g/mol. The molecule has 25 heavy (non-hydrogen) atoms. The molecule has 0 saturated carbocycles. The van der Waals surface area contributed by atoms with Crippen LogP contribution in [0, 0.1) is 0 Å². The van der Waals surface area contributed by atoms with Crippen LogP contribution in [0.2, 0.25) is 5.02 Å². The molecule has 2 N–H and O–H groups in total. The van der Waals surface area contributed by atoms with Crippen LogP contribution < -0.4 is 10.6 Å². The smallest absolute Gasteiger partial charge is 0.233 e. The van der Waals surface area contributed by atoms with Crippen LogP contribution >= 0.6 is 46.0 Å². The molecule has 0 unspecified atom stereocenters. The van der Waals surface area contributed by atoms with Crippen molar-refractivity contribution in [3.05, 3.63) is 51.7 Å². The first kappa shape index (κ1) is 18.2. The van der Waals surface area contributed by atoms with Crippen LogP contribution in [0.5, 0.6) is 0 Å². The summed E-state index contributed by atoms with van der Waals surface area (Å²) in [5, 5.41) is 17.4. The number of hydrogen-bond acceptors (Lipinski definition) is 7. The van der Waals surface area contributed by atoms with E-state index in [1.165, 1.54) is 23.1 Å². The van der Waals surface area contributed by atoms with E-state index in [4.69, 9.17) is 11.6 Å². The van der Waals surface area contributed by atoms with E-state index < -0.39 is 0 Å². The quantitative estimate of drug-likeness (QED) is 0.548. The number of carbonyl (C=O) groups is 1. The van der Waals surface area contributed by atoms with Crippen molar-refractivity contribution in [3.8, 4) is 0 Å². The maximum atomic E-state index is 12.2. The summed E-state index contributed by atoms with van der Waals surface area (Å²) in [6, 6.07) is 11.4. The van der Waals surface area contributed by atoms with Crippen molar-refractivity contribution in [3.63, 3.8) is 0 Å². The van der Waals surface area contributed by atoms with E-state index in [2.05, 4.69) is 20.8 Å². The molecule has 9 heteroatoms. The van der Waals surface area contributed by atoms with Crippen molar-refractivity contribution in [2.45, 2.75) is 23.1 Å². The molecule has 3 aromatic rings. The zero-order valence-electron chi connectivity index (χ0n) is 13.2. The van der Waals surface area contributed by atoms with Crippen molar-refractivity contribution in [2.75, 3.05) is 5.32 Å². The standard InChI is InChI=1S/C16H15ClN4OS3/c1-10(14(22)18-9-13-6-3-7-23-13)24-16-21-20-15(25-16)19-12-5-2-4-11(17)8-12/h2-8,10H,9H2,1H3,(H,18,22)(H,19,20)/t10-/m0/s1. The molecule has 0 aliphatic carbocycles. The van der Waals surface area contributed by atoms with Crippen LogP contribution in [-0.4, -0.2) is 21.4 Å². The number of rotatable bonds is 7. The molecule has 5 nitrogen and oxygen atoms in total. The minimum Gasteiger partial charge on any atom is -0.350 e. The van der Waals surface area contributed by atoms with Crippen LogP contribution in [0.4, 0.5) is 10.8 Å². The molecule has 0 bridgehead atoms. The highest BCUT2D eigenvalue weighted by molar-refractivity contribution is 8.02. The number of anilines is 2. The predicted molar refractivity (Wildman–Crippen MR) is 106 cm³/mol. The molecule has 0 aliphatic rings. The summed E-state index contributed by atoms with van der Waals surface area (Å²) in [6.07, 6.45) is 0. The highest BCUT2D eigenvalue weighted by Gasteiger charge is 2.17. The third kappa shape index (κ3) is 5.43. The Kier molecular flexibility index (Phi) is 6.30. The average Bonchev–Trinajstić information content (AvgIpc) is 3.24. The summed E-state index contributed by atoms with van der Waals surface area (Å²) in [4.78, 5) is 13.3. The van der Waals surface area contributed by atoms with Crippen molar-refractivity contribution in [1.82, 2.24) is 15.5 Å². The Morgan fingerprint density at radius 3 is 2.96 bits per heavy atom. The lowest BCUT2D eigenvalue weighted by molar-refractivity contribution is -0.120. The second kappa shape index (κ2) is 8.66. The Morgan fingerprint density at radius 1 is 1.32 bits per heavy atom. The lowest BCUT2D eigenvalue weighted by Crippen LogP contribution is -2.30. The zero-order chi connectivity index (χ0) is 17.6. The van der Waals surface area contributed by atoms with Gasteiger partial charge in [-0.2, -0.15) is 0 Å². The number of nitrogens with one attached hydrogen (secondary N) is 2. The Bertz CT molecular complexity index is 838. The number of benzene rings is 1. The lowest BCUT2D eigenvalue weighted by Gasteiger charge is -2.09. The van der Waals surface area contributed by atoms with Gasteiger partial charge in [-0.25, -0.2) is 0 Å². The molecular formula is C16H15ClN4OS3. The highest BCUT2D eigenvalue weighted by Crippen LogP contribution is 2.30. The number of thioether (sulfide) groups is 1. The molecule has 0 fully saturated rings. The molecule has 0 spiro atoms. The predicted octanol–water partition coefficient (Wildman–Crippen LogP) is 4.79. The first-order valence-corrected chi connectivity index (χ1v) is 10.4. The molecule has 2 heterocycles. The number of carbonyl (C=O) groups excluding carboxylic acids is 1. The average molecular weight is 411 g/mol. The van der Waals surface area contributed by atoms with E-state index >= 15 is 0 Å². The topological polar surface area (TPSA) is 66.9 Å². The summed E-state index contributed by atoms with van der Waals surface area (Å²) in [5.41, 5.74) is 0.849. The van der Waals surface area contributed by atoms with Crippen molar-refractivity contribution >= 4 is 62.8 Å². The summed E-state index contributed by atoms with van der Waals surface area (Å²) < 4.78 is 0.739.